The van der Waals surface area contributed by atoms with Gasteiger partial charge in [0.2, 0.25) is 0 Å². The molecule has 2 heteroatoms. The summed E-state index contributed by atoms with van der Waals surface area (Å²) < 4.78 is 0. The monoisotopic (exact) mass is 205 g/mol. The first-order valence-corrected chi connectivity index (χ1v) is 5.72. The van der Waals surface area contributed by atoms with Crippen LogP contribution < -0.4 is 5.32 Å². The summed E-state index contributed by atoms with van der Waals surface area (Å²) in [5.74, 6) is 0.439. The molecule has 15 heavy (non-hydrogen) atoms. The van der Waals surface area contributed by atoms with E-state index in [1.54, 1.807) is 0 Å². The van der Waals surface area contributed by atoms with Gasteiger partial charge in [-0.05, 0) is 49.9 Å². The highest BCUT2D eigenvalue weighted by atomic mass is 16.3. The fraction of sp³-hybridized carbons (Fsp3) is 0.538. The molecule has 2 rings (SSSR count). The van der Waals surface area contributed by atoms with Crippen LogP contribution in [0, 0.1) is 13.8 Å². The van der Waals surface area contributed by atoms with Crippen LogP contribution in [0.4, 0.5) is 0 Å². The summed E-state index contributed by atoms with van der Waals surface area (Å²) in [5, 5.41) is 13.2. The standard InChI is InChI=1S/C13H19NO/c1-9-7-11(8-10(2)13(9)15)12-5-3-4-6-14-12/h7-8,12,14-15H,3-6H2,1-2H3. The average molecular weight is 205 g/mol. The maximum Gasteiger partial charge on any atom is 0.121 e. The molecule has 0 spiro atoms. The van der Waals surface area contributed by atoms with Gasteiger partial charge >= 0.3 is 0 Å². The molecular weight excluding hydrogens is 186 g/mol. The first kappa shape index (κ1) is 10.5. The number of phenolic OH excluding ortho intramolecular Hbond substituents is 1. The molecular formula is C13H19NO. The molecule has 2 nitrogen and oxygen atoms in total. The summed E-state index contributed by atoms with van der Waals surface area (Å²) in [5.41, 5.74) is 3.29. The molecule has 1 aliphatic heterocycles. The normalized spacial score (nSPS) is 21.6. The Bertz CT molecular complexity index is 331. The van der Waals surface area contributed by atoms with Crippen LogP contribution in [0.3, 0.4) is 0 Å². The van der Waals surface area contributed by atoms with Gasteiger partial charge in [0.15, 0.2) is 0 Å². The Morgan fingerprint density at radius 2 is 1.87 bits per heavy atom. The zero-order chi connectivity index (χ0) is 10.8. The fourth-order valence-corrected chi connectivity index (χ4v) is 2.33. The highest BCUT2D eigenvalue weighted by Crippen LogP contribution is 2.29. The maximum atomic E-state index is 9.71. The van der Waals surface area contributed by atoms with Crippen molar-refractivity contribution in [3.05, 3.63) is 28.8 Å². The molecule has 0 radical (unpaired) electrons. The number of phenols is 1. The molecule has 1 heterocycles. The fourth-order valence-electron chi connectivity index (χ4n) is 2.33. The topological polar surface area (TPSA) is 32.3 Å². The quantitative estimate of drug-likeness (QED) is 0.739. The van der Waals surface area contributed by atoms with Crippen molar-refractivity contribution in [1.29, 1.82) is 0 Å². The molecule has 1 atom stereocenters. The van der Waals surface area contributed by atoms with Crippen molar-refractivity contribution in [3.63, 3.8) is 0 Å². The third kappa shape index (κ3) is 2.15. The first-order valence-electron chi connectivity index (χ1n) is 5.72. The predicted octanol–water partition coefficient (Wildman–Crippen LogP) is 2.82. The molecule has 0 aliphatic carbocycles. The van der Waals surface area contributed by atoms with Crippen LogP contribution in [0.2, 0.25) is 0 Å². The van der Waals surface area contributed by atoms with Crippen LogP contribution >= 0.6 is 0 Å². The number of piperidine rings is 1. The number of nitrogens with one attached hydrogen (secondary N) is 1. The number of aromatic hydroxyl groups is 1. The Morgan fingerprint density at radius 1 is 1.20 bits per heavy atom. The second-order valence-corrected chi connectivity index (χ2v) is 4.51. The first-order chi connectivity index (χ1) is 7.18. The Kier molecular flexibility index (Phi) is 2.96. The Labute approximate surface area is 91.3 Å². The lowest BCUT2D eigenvalue weighted by atomic mass is 9.94. The highest BCUT2D eigenvalue weighted by Gasteiger charge is 2.16. The van der Waals surface area contributed by atoms with Crippen molar-refractivity contribution >= 4 is 0 Å². The largest absolute Gasteiger partial charge is 0.507 e. The molecule has 0 amide bonds. The van der Waals surface area contributed by atoms with Crippen LogP contribution in [0.25, 0.3) is 0 Å². The van der Waals surface area contributed by atoms with Crippen LogP contribution in [-0.2, 0) is 0 Å². The van der Waals surface area contributed by atoms with E-state index < -0.39 is 0 Å². The number of benzene rings is 1. The van der Waals surface area contributed by atoms with E-state index in [1.165, 1.54) is 24.8 Å². The van der Waals surface area contributed by atoms with Crippen LogP contribution in [0.5, 0.6) is 5.75 Å². The van der Waals surface area contributed by atoms with Gasteiger partial charge in [0.1, 0.15) is 5.75 Å². The predicted molar refractivity (Wildman–Crippen MR) is 62.2 cm³/mol. The molecule has 1 aromatic rings. The van der Waals surface area contributed by atoms with Gasteiger partial charge in [-0.3, -0.25) is 0 Å². The average Bonchev–Trinajstić information content (AvgIpc) is 2.26. The summed E-state index contributed by atoms with van der Waals surface area (Å²) >= 11 is 0. The zero-order valence-electron chi connectivity index (χ0n) is 9.51. The van der Waals surface area contributed by atoms with Gasteiger partial charge in [-0.1, -0.05) is 18.6 Å². The molecule has 82 valence electrons. The minimum absolute atomic E-state index is 0.439. The third-order valence-electron chi connectivity index (χ3n) is 3.23. The van der Waals surface area contributed by atoms with Crippen LogP contribution in [0.15, 0.2) is 12.1 Å². The van der Waals surface area contributed by atoms with E-state index in [1.807, 2.05) is 13.8 Å². The summed E-state index contributed by atoms with van der Waals surface area (Å²) in [4.78, 5) is 0. The molecule has 0 saturated carbocycles. The molecule has 2 N–H and O–H groups in total. The van der Waals surface area contributed by atoms with Gasteiger partial charge in [0, 0.05) is 6.04 Å². The van der Waals surface area contributed by atoms with Crippen LogP contribution in [-0.4, -0.2) is 11.7 Å². The molecule has 1 saturated heterocycles. The number of hydrogen-bond donors (Lipinski definition) is 2. The third-order valence-corrected chi connectivity index (χ3v) is 3.23. The minimum atomic E-state index is 0.439. The Balaban J connectivity index is 2.27. The molecule has 1 fully saturated rings. The number of aryl methyl sites for hydroxylation is 2. The lowest BCUT2D eigenvalue weighted by molar-refractivity contribution is 0.410. The molecule has 1 aliphatic rings. The van der Waals surface area contributed by atoms with Crippen molar-refractivity contribution in [2.75, 3.05) is 6.54 Å². The van der Waals surface area contributed by atoms with Crippen molar-refractivity contribution in [2.24, 2.45) is 0 Å². The summed E-state index contributed by atoms with van der Waals surface area (Å²) in [6.07, 6.45) is 3.80. The van der Waals surface area contributed by atoms with E-state index in [0.29, 0.717) is 11.8 Å². The van der Waals surface area contributed by atoms with E-state index in [-0.39, 0.29) is 0 Å². The zero-order valence-corrected chi connectivity index (χ0v) is 9.51. The second kappa shape index (κ2) is 4.23. The highest BCUT2D eigenvalue weighted by molar-refractivity contribution is 5.43. The van der Waals surface area contributed by atoms with Gasteiger partial charge < -0.3 is 10.4 Å². The van der Waals surface area contributed by atoms with Gasteiger partial charge in [-0.2, -0.15) is 0 Å². The van der Waals surface area contributed by atoms with E-state index in [2.05, 4.69) is 17.4 Å². The van der Waals surface area contributed by atoms with Gasteiger partial charge in [0.25, 0.3) is 0 Å². The van der Waals surface area contributed by atoms with E-state index in [0.717, 1.165) is 17.7 Å². The second-order valence-electron chi connectivity index (χ2n) is 4.51. The minimum Gasteiger partial charge on any atom is -0.507 e. The summed E-state index contributed by atoms with van der Waals surface area (Å²) in [6, 6.07) is 4.69. The Morgan fingerprint density at radius 3 is 2.40 bits per heavy atom. The SMILES string of the molecule is Cc1cc(C2CCCCN2)cc(C)c1O. The smallest absolute Gasteiger partial charge is 0.121 e. The lowest BCUT2D eigenvalue weighted by Gasteiger charge is -2.24. The summed E-state index contributed by atoms with van der Waals surface area (Å²) in [6.45, 7) is 5.05. The van der Waals surface area contributed by atoms with E-state index in [9.17, 15) is 5.11 Å². The molecule has 1 unspecified atom stereocenters. The molecule has 1 aromatic carbocycles. The van der Waals surface area contributed by atoms with E-state index in [4.69, 9.17) is 0 Å². The number of hydrogen-bond acceptors (Lipinski definition) is 2. The van der Waals surface area contributed by atoms with E-state index >= 15 is 0 Å². The number of rotatable bonds is 1. The Hall–Kier alpha value is -1.02. The summed E-state index contributed by atoms with van der Waals surface area (Å²) in [7, 11) is 0. The van der Waals surface area contributed by atoms with Crippen LogP contribution in [0.1, 0.15) is 42.0 Å². The molecule has 0 aromatic heterocycles. The van der Waals surface area contributed by atoms with Crippen molar-refractivity contribution in [3.8, 4) is 5.75 Å². The lowest BCUT2D eigenvalue weighted by Crippen LogP contribution is -2.26. The van der Waals surface area contributed by atoms with Crippen molar-refractivity contribution < 1.29 is 5.11 Å². The van der Waals surface area contributed by atoms with Gasteiger partial charge in [-0.25, -0.2) is 0 Å². The maximum absolute atomic E-state index is 9.71. The van der Waals surface area contributed by atoms with Gasteiger partial charge in [-0.15, -0.1) is 0 Å². The van der Waals surface area contributed by atoms with Crippen molar-refractivity contribution in [1.82, 2.24) is 5.32 Å². The van der Waals surface area contributed by atoms with Gasteiger partial charge in [0.05, 0.1) is 0 Å². The molecule has 0 bridgehead atoms. The van der Waals surface area contributed by atoms with Crippen molar-refractivity contribution in [2.45, 2.75) is 39.2 Å².